The number of aromatic nitrogens is 1. The Morgan fingerprint density at radius 1 is 1.40 bits per heavy atom. The number of fused-ring (bicyclic) bond motifs is 1. The third-order valence-electron chi connectivity index (χ3n) is 3.22. The standard InChI is InChI=1S/C16H17NO3/c1-4-16(2,19)10-9-12-14(20-3)11-7-5-6-8-13(11)17-15(12)18/h5-8,19H,4H2,1-3H3,(H,17,18). The van der Waals surface area contributed by atoms with Crippen molar-refractivity contribution in [2.75, 3.05) is 7.11 Å². The molecule has 0 fully saturated rings. The summed E-state index contributed by atoms with van der Waals surface area (Å²) in [7, 11) is 1.50. The maximum atomic E-state index is 12.1. The first-order chi connectivity index (χ1) is 9.48. The van der Waals surface area contributed by atoms with Gasteiger partial charge in [0, 0.05) is 5.39 Å². The number of H-pyrrole nitrogens is 1. The fraction of sp³-hybridized carbons (Fsp3) is 0.312. The van der Waals surface area contributed by atoms with E-state index in [1.54, 1.807) is 13.0 Å². The summed E-state index contributed by atoms with van der Waals surface area (Å²) in [6.07, 6.45) is 0.480. The third-order valence-corrected chi connectivity index (χ3v) is 3.22. The number of para-hydroxylation sites is 1. The molecule has 20 heavy (non-hydrogen) atoms. The molecule has 0 radical (unpaired) electrons. The molecule has 1 heterocycles. The van der Waals surface area contributed by atoms with Crippen LogP contribution in [0.1, 0.15) is 25.8 Å². The van der Waals surface area contributed by atoms with E-state index < -0.39 is 5.60 Å². The molecule has 0 aliphatic heterocycles. The van der Waals surface area contributed by atoms with E-state index >= 15 is 0 Å². The van der Waals surface area contributed by atoms with E-state index in [0.29, 0.717) is 17.7 Å². The van der Waals surface area contributed by atoms with Crippen molar-refractivity contribution in [3.8, 4) is 17.6 Å². The summed E-state index contributed by atoms with van der Waals surface area (Å²) in [5.41, 5.74) is -0.509. The lowest BCUT2D eigenvalue weighted by atomic mass is 10.0. The van der Waals surface area contributed by atoms with Gasteiger partial charge in [-0.3, -0.25) is 4.79 Å². The van der Waals surface area contributed by atoms with Crippen LogP contribution in [-0.4, -0.2) is 22.8 Å². The second kappa shape index (κ2) is 5.40. The normalized spacial score (nSPS) is 13.4. The number of methoxy groups -OCH3 is 1. The van der Waals surface area contributed by atoms with Gasteiger partial charge in [0.05, 0.1) is 12.6 Å². The lowest BCUT2D eigenvalue weighted by Crippen LogP contribution is -2.20. The Morgan fingerprint density at radius 2 is 2.10 bits per heavy atom. The van der Waals surface area contributed by atoms with Crippen LogP contribution in [0, 0.1) is 11.8 Å². The molecule has 4 nitrogen and oxygen atoms in total. The average Bonchev–Trinajstić information content (AvgIpc) is 2.44. The van der Waals surface area contributed by atoms with Gasteiger partial charge >= 0.3 is 0 Å². The number of rotatable bonds is 2. The highest BCUT2D eigenvalue weighted by Crippen LogP contribution is 2.25. The molecule has 2 N–H and O–H groups in total. The zero-order valence-electron chi connectivity index (χ0n) is 11.8. The largest absolute Gasteiger partial charge is 0.495 e. The molecule has 4 heteroatoms. The second-order valence-electron chi connectivity index (χ2n) is 4.79. The van der Waals surface area contributed by atoms with Crippen LogP contribution in [-0.2, 0) is 0 Å². The molecule has 1 unspecified atom stereocenters. The average molecular weight is 271 g/mol. The van der Waals surface area contributed by atoms with Gasteiger partial charge in [0.15, 0.2) is 0 Å². The lowest BCUT2D eigenvalue weighted by Gasteiger charge is -2.12. The van der Waals surface area contributed by atoms with Crippen molar-refractivity contribution in [3.05, 3.63) is 40.2 Å². The van der Waals surface area contributed by atoms with Gasteiger partial charge < -0.3 is 14.8 Å². The number of aliphatic hydroxyl groups is 1. The molecular weight excluding hydrogens is 254 g/mol. The Labute approximate surface area is 117 Å². The predicted octanol–water partition coefficient (Wildman–Crippen LogP) is 2.05. The van der Waals surface area contributed by atoms with Gasteiger partial charge in [-0.05, 0) is 25.5 Å². The van der Waals surface area contributed by atoms with Gasteiger partial charge in [0.2, 0.25) is 0 Å². The van der Waals surface area contributed by atoms with Gasteiger partial charge in [0.1, 0.15) is 16.9 Å². The molecule has 2 aromatic rings. The van der Waals surface area contributed by atoms with Crippen molar-refractivity contribution in [1.29, 1.82) is 0 Å². The Bertz CT molecular complexity index is 748. The fourth-order valence-electron chi connectivity index (χ4n) is 1.82. The first kappa shape index (κ1) is 14.2. The number of ether oxygens (including phenoxy) is 1. The van der Waals surface area contributed by atoms with Crippen LogP contribution in [0.15, 0.2) is 29.1 Å². The molecule has 0 saturated carbocycles. The molecule has 0 aliphatic rings. The van der Waals surface area contributed by atoms with Crippen LogP contribution in [0.3, 0.4) is 0 Å². The van der Waals surface area contributed by atoms with Gasteiger partial charge in [-0.1, -0.05) is 30.9 Å². The number of pyridine rings is 1. The van der Waals surface area contributed by atoms with Crippen LogP contribution in [0.2, 0.25) is 0 Å². The summed E-state index contributed by atoms with van der Waals surface area (Å²) >= 11 is 0. The highest BCUT2D eigenvalue weighted by molar-refractivity contribution is 5.87. The molecule has 0 amide bonds. The van der Waals surface area contributed by atoms with Crippen LogP contribution < -0.4 is 10.3 Å². The highest BCUT2D eigenvalue weighted by atomic mass is 16.5. The smallest absolute Gasteiger partial charge is 0.268 e. The molecule has 1 aromatic heterocycles. The summed E-state index contributed by atoms with van der Waals surface area (Å²) in [4.78, 5) is 14.9. The van der Waals surface area contributed by atoms with Gasteiger partial charge in [-0.15, -0.1) is 0 Å². The maximum Gasteiger partial charge on any atom is 0.268 e. The Balaban J connectivity index is 2.70. The van der Waals surface area contributed by atoms with Crippen molar-refractivity contribution in [1.82, 2.24) is 4.98 Å². The van der Waals surface area contributed by atoms with Crippen molar-refractivity contribution in [2.24, 2.45) is 0 Å². The minimum absolute atomic E-state index is 0.236. The first-order valence-corrected chi connectivity index (χ1v) is 6.43. The van der Waals surface area contributed by atoms with E-state index in [9.17, 15) is 9.90 Å². The summed E-state index contributed by atoms with van der Waals surface area (Å²) in [5.74, 6) is 5.89. The summed E-state index contributed by atoms with van der Waals surface area (Å²) in [6.45, 7) is 3.44. The SMILES string of the molecule is CCC(C)(O)C#Cc1c(OC)c2ccccc2[nH]c1=O. The van der Waals surface area contributed by atoms with Gasteiger partial charge in [-0.2, -0.15) is 0 Å². The molecule has 104 valence electrons. The minimum Gasteiger partial charge on any atom is -0.495 e. The van der Waals surface area contributed by atoms with E-state index in [0.717, 1.165) is 5.39 Å². The van der Waals surface area contributed by atoms with Gasteiger partial charge in [0.25, 0.3) is 5.56 Å². The van der Waals surface area contributed by atoms with Crippen LogP contribution >= 0.6 is 0 Å². The third kappa shape index (κ3) is 2.68. The maximum absolute atomic E-state index is 12.1. The van der Waals surface area contributed by atoms with Gasteiger partial charge in [-0.25, -0.2) is 0 Å². The monoisotopic (exact) mass is 271 g/mol. The minimum atomic E-state index is -1.12. The number of aromatic amines is 1. The lowest BCUT2D eigenvalue weighted by molar-refractivity contribution is 0.118. The molecule has 0 bridgehead atoms. The van der Waals surface area contributed by atoms with Crippen LogP contribution in [0.5, 0.6) is 5.75 Å². The van der Waals surface area contributed by atoms with Crippen LogP contribution in [0.4, 0.5) is 0 Å². The Hall–Kier alpha value is -2.25. The topological polar surface area (TPSA) is 62.3 Å². The first-order valence-electron chi connectivity index (χ1n) is 6.43. The van der Waals surface area contributed by atoms with E-state index in [1.165, 1.54) is 7.11 Å². The molecular formula is C16H17NO3. The van der Waals surface area contributed by atoms with E-state index in [2.05, 4.69) is 16.8 Å². The quantitative estimate of drug-likeness (QED) is 0.822. The van der Waals surface area contributed by atoms with E-state index in [-0.39, 0.29) is 11.1 Å². The molecule has 0 saturated heterocycles. The van der Waals surface area contributed by atoms with Crippen molar-refractivity contribution < 1.29 is 9.84 Å². The van der Waals surface area contributed by atoms with Crippen LogP contribution in [0.25, 0.3) is 10.9 Å². The number of nitrogens with one attached hydrogen (secondary N) is 1. The van der Waals surface area contributed by atoms with E-state index in [4.69, 9.17) is 4.74 Å². The zero-order chi connectivity index (χ0) is 14.8. The van der Waals surface area contributed by atoms with Crippen molar-refractivity contribution in [2.45, 2.75) is 25.9 Å². The highest BCUT2D eigenvalue weighted by Gasteiger charge is 2.15. The molecule has 0 spiro atoms. The Morgan fingerprint density at radius 3 is 2.75 bits per heavy atom. The van der Waals surface area contributed by atoms with Crippen molar-refractivity contribution in [3.63, 3.8) is 0 Å². The van der Waals surface area contributed by atoms with Crippen molar-refractivity contribution >= 4 is 10.9 Å². The predicted molar refractivity (Wildman–Crippen MR) is 78.9 cm³/mol. The number of benzene rings is 1. The molecule has 1 aromatic carbocycles. The second-order valence-corrected chi connectivity index (χ2v) is 4.79. The van der Waals surface area contributed by atoms with E-state index in [1.807, 2.05) is 25.1 Å². The number of hydrogen-bond donors (Lipinski definition) is 2. The Kier molecular flexibility index (Phi) is 3.82. The number of hydrogen-bond acceptors (Lipinski definition) is 3. The summed E-state index contributed by atoms with van der Waals surface area (Å²) in [5, 5.41) is 10.7. The molecule has 2 rings (SSSR count). The summed E-state index contributed by atoms with van der Waals surface area (Å²) in [6, 6.07) is 7.36. The molecule has 1 atom stereocenters. The molecule has 0 aliphatic carbocycles. The fourth-order valence-corrected chi connectivity index (χ4v) is 1.82. The summed E-state index contributed by atoms with van der Waals surface area (Å²) < 4.78 is 5.33. The zero-order valence-corrected chi connectivity index (χ0v) is 11.8.